The van der Waals surface area contributed by atoms with Gasteiger partial charge in [0.25, 0.3) is 0 Å². The Morgan fingerprint density at radius 1 is 1.16 bits per heavy atom. The van der Waals surface area contributed by atoms with Crippen molar-refractivity contribution in [1.82, 2.24) is 10.9 Å². The third-order valence-electron chi connectivity index (χ3n) is 3.17. The predicted molar refractivity (Wildman–Crippen MR) is 57.8 cm³/mol. The Kier molecular flexibility index (Phi) is 3.75. The first-order chi connectivity index (χ1) is 8.84. The number of hydrazine groups is 1. The molecule has 4 N–H and O–H groups in total. The molecule has 19 heavy (non-hydrogen) atoms. The second-order valence-corrected chi connectivity index (χ2v) is 4.35. The summed E-state index contributed by atoms with van der Waals surface area (Å²) in [6, 6.07) is -0.0879. The lowest BCUT2D eigenvalue weighted by atomic mass is 9.89. The van der Waals surface area contributed by atoms with Crippen LogP contribution in [0.4, 0.5) is 22.0 Å². The molecule has 3 nitrogen and oxygen atoms in total. The van der Waals surface area contributed by atoms with Crippen LogP contribution in [0.1, 0.15) is 11.6 Å². The van der Waals surface area contributed by atoms with Crippen molar-refractivity contribution in [3.63, 3.8) is 0 Å². The van der Waals surface area contributed by atoms with E-state index < -0.39 is 35.8 Å². The maximum atomic E-state index is 13.6. The molecule has 1 aliphatic heterocycles. The van der Waals surface area contributed by atoms with Gasteiger partial charge in [0.15, 0.2) is 0 Å². The standard InChI is InChI=1S/C11H12F5N3/c12-5-1-2-6(8(13)3-5)9-7(4-17)10(19-18-9)11(14,15)16/h1-3,7,9-10,18-19H,4,17H2. The zero-order valence-corrected chi connectivity index (χ0v) is 9.64. The van der Waals surface area contributed by atoms with Crippen LogP contribution in [0, 0.1) is 17.6 Å². The van der Waals surface area contributed by atoms with Crippen molar-refractivity contribution < 1.29 is 22.0 Å². The van der Waals surface area contributed by atoms with Crippen molar-refractivity contribution in [2.75, 3.05) is 6.54 Å². The number of rotatable bonds is 2. The van der Waals surface area contributed by atoms with E-state index in [1.807, 2.05) is 0 Å². The Bertz CT molecular complexity index is 462. The Morgan fingerprint density at radius 2 is 1.84 bits per heavy atom. The number of nitrogens with two attached hydrogens (primary N) is 1. The van der Waals surface area contributed by atoms with Crippen molar-refractivity contribution in [3.8, 4) is 0 Å². The monoisotopic (exact) mass is 281 g/mol. The molecule has 0 spiro atoms. The van der Waals surface area contributed by atoms with Gasteiger partial charge in [-0.05, 0) is 12.6 Å². The van der Waals surface area contributed by atoms with Gasteiger partial charge in [-0.1, -0.05) is 6.07 Å². The van der Waals surface area contributed by atoms with Crippen molar-refractivity contribution in [3.05, 3.63) is 35.4 Å². The fraction of sp³-hybridized carbons (Fsp3) is 0.455. The minimum Gasteiger partial charge on any atom is -0.330 e. The average Bonchev–Trinajstić information content (AvgIpc) is 2.72. The highest BCUT2D eigenvalue weighted by molar-refractivity contribution is 5.24. The molecule has 2 rings (SSSR count). The molecular weight excluding hydrogens is 269 g/mol. The van der Waals surface area contributed by atoms with Crippen molar-refractivity contribution in [2.45, 2.75) is 18.3 Å². The lowest BCUT2D eigenvalue weighted by molar-refractivity contribution is -0.161. The molecule has 1 aliphatic rings. The fourth-order valence-electron chi connectivity index (χ4n) is 2.24. The van der Waals surface area contributed by atoms with E-state index in [0.717, 1.165) is 12.1 Å². The molecule has 3 atom stereocenters. The molecule has 106 valence electrons. The van der Waals surface area contributed by atoms with E-state index in [2.05, 4.69) is 10.9 Å². The van der Waals surface area contributed by atoms with E-state index in [-0.39, 0.29) is 12.1 Å². The number of hydrogen-bond donors (Lipinski definition) is 3. The predicted octanol–water partition coefficient (Wildman–Crippen LogP) is 1.62. The van der Waals surface area contributed by atoms with Gasteiger partial charge in [0.1, 0.15) is 17.7 Å². The zero-order valence-electron chi connectivity index (χ0n) is 9.64. The second-order valence-electron chi connectivity index (χ2n) is 4.35. The molecule has 0 radical (unpaired) electrons. The molecular formula is C11H12F5N3. The molecule has 1 aromatic carbocycles. The smallest absolute Gasteiger partial charge is 0.330 e. The molecule has 0 bridgehead atoms. The Labute approximate surface area is 105 Å². The van der Waals surface area contributed by atoms with E-state index in [9.17, 15) is 22.0 Å². The van der Waals surface area contributed by atoms with Gasteiger partial charge in [0.05, 0.1) is 6.04 Å². The van der Waals surface area contributed by atoms with Gasteiger partial charge in [-0.2, -0.15) is 13.2 Å². The van der Waals surface area contributed by atoms with Crippen LogP contribution in [0.15, 0.2) is 18.2 Å². The van der Waals surface area contributed by atoms with Gasteiger partial charge in [-0.15, -0.1) is 0 Å². The second kappa shape index (κ2) is 5.03. The number of halogens is 5. The SMILES string of the molecule is NCC1C(c2ccc(F)cc2F)NNC1C(F)(F)F. The highest BCUT2D eigenvalue weighted by Gasteiger charge is 2.51. The Morgan fingerprint density at radius 3 is 2.37 bits per heavy atom. The lowest BCUT2D eigenvalue weighted by Crippen LogP contribution is -2.45. The van der Waals surface area contributed by atoms with Gasteiger partial charge in [0, 0.05) is 17.5 Å². The van der Waals surface area contributed by atoms with Crippen LogP contribution in [-0.2, 0) is 0 Å². The van der Waals surface area contributed by atoms with Crippen molar-refractivity contribution in [1.29, 1.82) is 0 Å². The number of nitrogens with one attached hydrogen (secondary N) is 2. The average molecular weight is 281 g/mol. The molecule has 3 unspecified atom stereocenters. The summed E-state index contributed by atoms with van der Waals surface area (Å²) in [6.45, 7) is -0.286. The molecule has 1 heterocycles. The summed E-state index contributed by atoms with van der Waals surface area (Å²) < 4.78 is 64.6. The summed E-state index contributed by atoms with van der Waals surface area (Å²) in [5.41, 5.74) is 9.76. The molecule has 1 aromatic rings. The molecule has 0 aliphatic carbocycles. The van der Waals surface area contributed by atoms with Crippen LogP contribution in [0.5, 0.6) is 0 Å². The van der Waals surface area contributed by atoms with Crippen LogP contribution < -0.4 is 16.6 Å². The molecule has 0 saturated carbocycles. The third-order valence-corrected chi connectivity index (χ3v) is 3.17. The highest BCUT2D eigenvalue weighted by Crippen LogP contribution is 2.36. The fourth-order valence-corrected chi connectivity index (χ4v) is 2.24. The summed E-state index contributed by atoms with van der Waals surface area (Å²) in [5.74, 6) is -2.76. The van der Waals surface area contributed by atoms with E-state index in [1.54, 1.807) is 0 Å². The van der Waals surface area contributed by atoms with E-state index in [0.29, 0.717) is 6.07 Å². The number of hydrogen-bond acceptors (Lipinski definition) is 3. The minimum absolute atomic E-state index is 0.0453. The van der Waals surface area contributed by atoms with Crippen LogP contribution in [0.25, 0.3) is 0 Å². The number of alkyl halides is 3. The topological polar surface area (TPSA) is 50.1 Å². The molecule has 0 amide bonds. The van der Waals surface area contributed by atoms with Gasteiger partial charge in [0.2, 0.25) is 0 Å². The van der Waals surface area contributed by atoms with E-state index in [4.69, 9.17) is 5.73 Å². The first-order valence-electron chi connectivity index (χ1n) is 5.57. The van der Waals surface area contributed by atoms with Crippen molar-refractivity contribution in [2.24, 2.45) is 11.7 Å². The maximum absolute atomic E-state index is 13.6. The quantitative estimate of drug-likeness (QED) is 0.722. The normalized spacial score (nSPS) is 27.8. The third kappa shape index (κ3) is 2.70. The van der Waals surface area contributed by atoms with Crippen molar-refractivity contribution >= 4 is 0 Å². The largest absolute Gasteiger partial charge is 0.405 e. The molecule has 0 aromatic heterocycles. The zero-order chi connectivity index (χ0) is 14.2. The molecule has 8 heteroatoms. The summed E-state index contributed by atoms with van der Waals surface area (Å²) in [4.78, 5) is 0. The Hall–Kier alpha value is -1.25. The van der Waals surface area contributed by atoms with E-state index in [1.165, 1.54) is 0 Å². The van der Waals surface area contributed by atoms with Crippen LogP contribution in [0.3, 0.4) is 0 Å². The van der Waals surface area contributed by atoms with Gasteiger partial charge < -0.3 is 5.73 Å². The van der Waals surface area contributed by atoms with Gasteiger partial charge in [-0.25, -0.2) is 19.6 Å². The van der Waals surface area contributed by atoms with Gasteiger partial charge in [-0.3, -0.25) is 0 Å². The van der Waals surface area contributed by atoms with Crippen LogP contribution in [0.2, 0.25) is 0 Å². The Balaban J connectivity index is 2.31. The minimum atomic E-state index is -4.50. The maximum Gasteiger partial charge on any atom is 0.405 e. The van der Waals surface area contributed by atoms with Crippen LogP contribution in [-0.4, -0.2) is 18.8 Å². The summed E-state index contributed by atoms with van der Waals surface area (Å²) in [5, 5.41) is 0. The summed E-state index contributed by atoms with van der Waals surface area (Å²) >= 11 is 0. The van der Waals surface area contributed by atoms with Crippen LogP contribution >= 0.6 is 0 Å². The summed E-state index contributed by atoms with van der Waals surface area (Å²) in [6.07, 6.45) is -4.50. The first kappa shape index (κ1) is 14.2. The van der Waals surface area contributed by atoms with E-state index >= 15 is 0 Å². The number of benzene rings is 1. The highest BCUT2D eigenvalue weighted by atomic mass is 19.4. The lowest BCUT2D eigenvalue weighted by Gasteiger charge is -2.23. The van der Waals surface area contributed by atoms with Gasteiger partial charge >= 0.3 is 6.18 Å². The first-order valence-corrected chi connectivity index (χ1v) is 5.57. The summed E-state index contributed by atoms with van der Waals surface area (Å²) in [7, 11) is 0. The molecule has 1 saturated heterocycles. The molecule has 1 fully saturated rings.